The molecule has 1 saturated heterocycles. The fourth-order valence-corrected chi connectivity index (χ4v) is 9.16. The summed E-state index contributed by atoms with van der Waals surface area (Å²) in [6, 6.07) is 35.8. The van der Waals surface area contributed by atoms with Crippen LogP contribution in [0.25, 0.3) is 0 Å². The Morgan fingerprint density at radius 1 is 0.842 bits per heavy atom. The second-order valence-corrected chi connectivity index (χ2v) is 15.4. The molecule has 1 fully saturated rings. The van der Waals surface area contributed by atoms with Gasteiger partial charge >= 0.3 is 5.69 Å². The number of carbonyl (C=O) groups is 1. The summed E-state index contributed by atoms with van der Waals surface area (Å²) in [6.07, 6.45) is -0.223. The Bertz CT molecular complexity index is 2050. The molecule has 57 heavy (non-hydrogen) atoms. The van der Waals surface area contributed by atoms with E-state index in [1.807, 2.05) is 84.9 Å². The highest BCUT2D eigenvalue weighted by Crippen LogP contribution is 2.47. The number of nitrogens with zero attached hydrogens (tertiary/aromatic N) is 3. The van der Waals surface area contributed by atoms with E-state index in [0.717, 1.165) is 36.3 Å². The predicted molar refractivity (Wildman–Crippen MR) is 223 cm³/mol. The first-order chi connectivity index (χ1) is 27.7. The molecule has 1 aromatic heterocycles. The number of hydroxylamine groups is 3. The maximum atomic E-state index is 13.5. The van der Waals surface area contributed by atoms with Gasteiger partial charge < -0.3 is 36.5 Å². The molecule has 5 aromatic rings. The molecule has 1 amide bonds. The van der Waals surface area contributed by atoms with Gasteiger partial charge in [-0.15, -0.1) is 4.65 Å². The Morgan fingerprint density at radius 3 is 1.91 bits per heavy atom. The Kier molecular flexibility index (Phi) is 14.2. The molecule has 6 rings (SSSR count). The van der Waals surface area contributed by atoms with Crippen molar-refractivity contribution in [3.63, 3.8) is 0 Å². The molecule has 2 heterocycles. The third kappa shape index (κ3) is 9.59. The van der Waals surface area contributed by atoms with Gasteiger partial charge in [0, 0.05) is 18.2 Å². The molecule has 12 nitrogen and oxygen atoms in total. The maximum Gasteiger partial charge on any atom is 0.351 e. The van der Waals surface area contributed by atoms with Gasteiger partial charge in [0.05, 0.1) is 20.8 Å². The van der Waals surface area contributed by atoms with Crippen molar-refractivity contribution in [2.75, 3.05) is 45.8 Å². The highest BCUT2D eigenvalue weighted by atomic mass is 32.7. The van der Waals surface area contributed by atoms with Crippen LogP contribution in [0.2, 0.25) is 0 Å². The molecule has 300 valence electrons. The molecule has 1 unspecified atom stereocenters. The van der Waals surface area contributed by atoms with E-state index in [-0.39, 0.29) is 24.8 Å². The summed E-state index contributed by atoms with van der Waals surface area (Å²) in [5.74, 6) is 1.16. The summed E-state index contributed by atoms with van der Waals surface area (Å²) < 4.78 is 39.7. The molecule has 14 heteroatoms. The molecule has 0 spiro atoms. The van der Waals surface area contributed by atoms with Gasteiger partial charge in [0.15, 0.2) is 0 Å². The van der Waals surface area contributed by atoms with Crippen molar-refractivity contribution in [3.8, 4) is 11.5 Å². The van der Waals surface area contributed by atoms with Crippen LogP contribution in [0.15, 0.2) is 126 Å². The lowest BCUT2D eigenvalue weighted by molar-refractivity contribution is -1.08. The van der Waals surface area contributed by atoms with Gasteiger partial charge in [-0.3, -0.25) is 9.36 Å². The number of methoxy groups -OCH3 is 2. The first kappa shape index (κ1) is 42.0. The molecule has 1 aliphatic rings. The quantitative estimate of drug-likeness (QED) is 0.0313. The van der Waals surface area contributed by atoms with E-state index in [4.69, 9.17) is 40.3 Å². The zero-order valence-corrected chi connectivity index (χ0v) is 34.6. The number of ether oxygens (including phenoxy) is 4. The predicted octanol–water partition coefficient (Wildman–Crippen LogP) is 7.51. The summed E-state index contributed by atoms with van der Waals surface area (Å²) in [6.45, 7) is 8.43. The first-order valence-electron chi connectivity index (χ1n) is 19.0. The van der Waals surface area contributed by atoms with E-state index in [0.29, 0.717) is 21.7 Å². The zero-order chi connectivity index (χ0) is 40.4. The van der Waals surface area contributed by atoms with Gasteiger partial charge in [0.1, 0.15) is 61.0 Å². The zero-order valence-electron chi connectivity index (χ0n) is 32.8. The van der Waals surface area contributed by atoms with Crippen LogP contribution < -0.4 is 20.5 Å². The number of anilines is 1. The van der Waals surface area contributed by atoms with Crippen LogP contribution in [0, 0.1) is 0 Å². The number of benzene rings is 4. The average Bonchev–Trinajstić information content (AvgIpc) is 3.65. The van der Waals surface area contributed by atoms with Crippen molar-refractivity contribution in [1.82, 2.24) is 9.55 Å². The topological polar surface area (TPSA) is 119 Å². The number of aromatic nitrogens is 2. The van der Waals surface area contributed by atoms with Crippen LogP contribution >= 0.6 is 7.58 Å². The number of amides is 1. The van der Waals surface area contributed by atoms with Crippen molar-refractivity contribution in [2.45, 2.75) is 51.2 Å². The molecule has 0 saturated carbocycles. The summed E-state index contributed by atoms with van der Waals surface area (Å²) in [4.78, 5) is 30.5. The normalized spacial score (nSPS) is 17.5. The van der Waals surface area contributed by atoms with E-state index in [9.17, 15) is 9.59 Å². The average molecular weight is 814 g/mol. The minimum absolute atomic E-state index is 0.0430. The Hall–Kier alpha value is -4.59. The third-order valence-corrected chi connectivity index (χ3v) is 12.0. The van der Waals surface area contributed by atoms with Crippen molar-refractivity contribution >= 4 is 31.6 Å². The summed E-state index contributed by atoms with van der Waals surface area (Å²) in [7, 11) is 1.02. The molecule has 1 aliphatic heterocycles. The first-order valence-corrected chi connectivity index (χ1v) is 21.5. The van der Waals surface area contributed by atoms with Gasteiger partial charge in [0.25, 0.3) is 5.91 Å². The Morgan fingerprint density at radius 2 is 1.39 bits per heavy atom. The highest BCUT2D eigenvalue weighted by molar-refractivity contribution is 8.29. The van der Waals surface area contributed by atoms with Crippen molar-refractivity contribution in [1.29, 1.82) is 0 Å². The van der Waals surface area contributed by atoms with Gasteiger partial charge in [0.2, 0.25) is 7.58 Å². The summed E-state index contributed by atoms with van der Waals surface area (Å²) in [5.41, 5.74) is 1.31. The smallest absolute Gasteiger partial charge is 0.351 e. The number of rotatable bonds is 18. The highest BCUT2D eigenvalue weighted by Gasteiger charge is 2.45. The van der Waals surface area contributed by atoms with Gasteiger partial charge in [-0.2, -0.15) is 4.98 Å². The van der Waals surface area contributed by atoms with Crippen molar-refractivity contribution < 1.29 is 37.5 Å². The number of hydrogen-bond donors (Lipinski definition) is 1. The largest absolute Gasteiger partial charge is 0.497 e. The van der Waals surface area contributed by atoms with Crippen LogP contribution in [-0.2, 0) is 36.5 Å². The number of nitrogens with one attached hydrogen (secondary N) is 1. The maximum absolute atomic E-state index is 13.5. The monoisotopic (exact) mass is 813 g/mol. The lowest BCUT2D eigenvalue weighted by atomic mass is 9.80. The minimum Gasteiger partial charge on any atom is -0.497 e. The Labute approximate surface area is 340 Å². The lowest BCUT2D eigenvalue weighted by Crippen LogP contribution is -2.46. The van der Waals surface area contributed by atoms with E-state index in [2.05, 4.69) is 31.1 Å². The second kappa shape index (κ2) is 19.2. The van der Waals surface area contributed by atoms with E-state index in [1.165, 1.54) is 4.57 Å². The van der Waals surface area contributed by atoms with Crippen LogP contribution in [-0.4, -0.2) is 72.8 Å². The fourth-order valence-electron chi connectivity index (χ4n) is 7.07. The summed E-state index contributed by atoms with van der Waals surface area (Å²) in [5, 5.41) is 2.70. The van der Waals surface area contributed by atoms with Gasteiger partial charge in [-0.1, -0.05) is 77.4 Å². The molecule has 0 aliphatic carbocycles. The molecule has 1 N–H and O–H groups in total. The SMILES string of the molecule is CC[N+](CC)(CC)O[PH+]([S-])O[C@H]1C[C@H](n2ccc(NC(=O)c3ccccc3)nc2=O)O[C@@H]1COC(c1ccccc1)(c1ccc(OC)cc1)c1ccc(OC)cc1. The molecule has 4 atom stereocenters. The Balaban J connectivity index is 1.35. The van der Waals surface area contributed by atoms with Crippen molar-refractivity contribution in [3.05, 3.63) is 154 Å². The van der Waals surface area contributed by atoms with Crippen LogP contribution in [0.3, 0.4) is 0 Å². The van der Waals surface area contributed by atoms with Crippen molar-refractivity contribution in [2.24, 2.45) is 0 Å². The molecule has 0 bridgehead atoms. The van der Waals surface area contributed by atoms with Gasteiger partial charge in [-0.25, -0.2) is 9.32 Å². The van der Waals surface area contributed by atoms with Gasteiger partial charge in [-0.05, 0) is 79.9 Å². The number of carbonyl (C=O) groups excluding carboxylic acids is 1. The minimum atomic E-state index is -2.24. The third-order valence-electron chi connectivity index (χ3n) is 10.5. The molecular weight excluding hydrogens is 764 g/mol. The van der Waals surface area contributed by atoms with Crippen LogP contribution in [0.4, 0.5) is 5.82 Å². The van der Waals surface area contributed by atoms with Crippen LogP contribution in [0.5, 0.6) is 11.5 Å². The standard InChI is InChI=1S/C43H49N4O8PS/c1-6-47(7-2,8-3)55-56(57)54-37-29-40(46-28-27-39(45-42(46)49)44-41(48)31-15-11-9-12-16-31)53-38(37)30-52-43(32-17-13-10-14-18-32,33-19-23-35(50-4)24-20-33)34-21-25-36(51-5)26-22-34/h9-28,37-38,40,56H,6-8,29-30H2,1-5H3/p+1/t37-,38+,40+/m0/s1. The van der Waals surface area contributed by atoms with Crippen LogP contribution in [0.1, 0.15) is 60.5 Å². The van der Waals surface area contributed by atoms with E-state index in [1.54, 1.807) is 50.7 Å². The fraction of sp³-hybridized carbons (Fsp3) is 0.326. The lowest BCUT2D eigenvalue weighted by Gasteiger charge is -2.37. The van der Waals surface area contributed by atoms with E-state index >= 15 is 0 Å². The second-order valence-electron chi connectivity index (χ2n) is 13.5. The number of quaternary nitrogens is 1. The molecule has 4 aromatic carbocycles. The number of hydrogen-bond acceptors (Lipinski definition) is 10. The summed E-state index contributed by atoms with van der Waals surface area (Å²) >= 11 is 5.89. The van der Waals surface area contributed by atoms with E-state index < -0.39 is 37.3 Å². The molecule has 0 radical (unpaired) electrons. The molecular formula is C43H50N4O8PS+.